The molecule has 0 bridgehead atoms. The molecule has 7 heteroatoms. The largest absolute Gasteiger partial charge is 0.492 e. The Morgan fingerprint density at radius 2 is 1.76 bits per heavy atom. The van der Waals surface area contributed by atoms with E-state index >= 15 is 0 Å². The topological polar surface area (TPSA) is 80.6 Å². The van der Waals surface area contributed by atoms with Gasteiger partial charge in [-0.25, -0.2) is 0 Å². The second kappa shape index (κ2) is 10.1. The highest BCUT2D eigenvalue weighted by Crippen LogP contribution is 2.15. The predicted molar refractivity (Wildman–Crippen MR) is 111 cm³/mol. The van der Waals surface area contributed by atoms with Crippen molar-refractivity contribution in [1.82, 2.24) is 10.6 Å². The lowest BCUT2D eigenvalue weighted by atomic mass is 10.2. The van der Waals surface area contributed by atoms with Crippen molar-refractivity contribution >= 4 is 29.5 Å². The van der Waals surface area contributed by atoms with Gasteiger partial charge in [-0.2, -0.15) is 0 Å². The van der Waals surface area contributed by atoms with Crippen LogP contribution in [0.2, 0.25) is 5.02 Å². The maximum absolute atomic E-state index is 12.6. The third-order valence-electron chi connectivity index (χ3n) is 3.83. The molecular weight excluding hydrogens is 392 g/mol. The predicted octanol–water partition coefficient (Wildman–Crippen LogP) is 3.90. The SMILES string of the molecule is O=C(NCCOc1ccc(Cl)cc1)/C(=C/c1ccco1)NC(=O)c1ccccc1. The molecule has 0 atom stereocenters. The van der Waals surface area contributed by atoms with Crippen molar-refractivity contribution in [3.63, 3.8) is 0 Å². The van der Waals surface area contributed by atoms with Crippen molar-refractivity contribution < 1.29 is 18.7 Å². The number of carbonyl (C=O) groups excluding carboxylic acids is 2. The van der Waals surface area contributed by atoms with E-state index in [4.69, 9.17) is 20.8 Å². The molecule has 1 aromatic heterocycles. The molecule has 0 radical (unpaired) electrons. The Labute approximate surface area is 173 Å². The zero-order valence-electron chi connectivity index (χ0n) is 15.4. The van der Waals surface area contributed by atoms with Gasteiger partial charge < -0.3 is 19.8 Å². The van der Waals surface area contributed by atoms with Crippen molar-refractivity contribution in [2.45, 2.75) is 0 Å². The van der Waals surface area contributed by atoms with Gasteiger partial charge in [0.2, 0.25) is 0 Å². The van der Waals surface area contributed by atoms with Crippen LogP contribution >= 0.6 is 11.6 Å². The van der Waals surface area contributed by atoms with Crippen molar-refractivity contribution in [3.8, 4) is 5.75 Å². The van der Waals surface area contributed by atoms with E-state index in [1.54, 1.807) is 60.7 Å². The first kappa shape index (κ1) is 20.2. The molecule has 29 heavy (non-hydrogen) atoms. The van der Waals surface area contributed by atoms with Crippen molar-refractivity contribution in [1.29, 1.82) is 0 Å². The molecule has 0 aliphatic carbocycles. The van der Waals surface area contributed by atoms with E-state index in [0.29, 0.717) is 22.1 Å². The van der Waals surface area contributed by atoms with Gasteiger partial charge in [-0.15, -0.1) is 0 Å². The second-order valence-electron chi connectivity index (χ2n) is 5.95. The van der Waals surface area contributed by atoms with E-state index in [2.05, 4.69) is 10.6 Å². The lowest BCUT2D eigenvalue weighted by molar-refractivity contribution is -0.117. The third kappa shape index (κ3) is 6.26. The molecule has 2 aromatic carbocycles. The zero-order valence-corrected chi connectivity index (χ0v) is 16.2. The van der Waals surface area contributed by atoms with Crippen LogP contribution in [0.1, 0.15) is 16.1 Å². The first-order chi connectivity index (χ1) is 14.1. The van der Waals surface area contributed by atoms with Gasteiger partial charge in [0.05, 0.1) is 12.8 Å². The van der Waals surface area contributed by atoms with Crippen LogP contribution in [0.15, 0.2) is 83.1 Å². The summed E-state index contributed by atoms with van der Waals surface area (Å²) in [7, 11) is 0. The minimum absolute atomic E-state index is 0.0697. The van der Waals surface area contributed by atoms with Crippen LogP contribution < -0.4 is 15.4 Å². The molecule has 0 saturated heterocycles. The van der Waals surface area contributed by atoms with Crippen LogP contribution in [0.25, 0.3) is 6.08 Å². The number of hydrogen-bond acceptors (Lipinski definition) is 4. The van der Waals surface area contributed by atoms with Crippen LogP contribution in [0.4, 0.5) is 0 Å². The summed E-state index contributed by atoms with van der Waals surface area (Å²) in [6.07, 6.45) is 2.95. The monoisotopic (exact) mass is 410 g/mol. The average molecular weight is 411 g/mol. The van der Waals surface area contributed by atoms with Crippen LogP contribution in [-0.2, 0) is 4.79 Å². The van der Waals surface area contributed by atoms with E-state index in [9.17, 15) is 9.59 Å². The molecule has 6 nitrogen and oxygen atoms in total. The van der Waals surface area contributed by atoms with E-state index in [1.807, 2.05) is 6.07 Å². The smallest absolute Gasteiger partial charge is 0.268 e. The molecule has 0 aliphatic rings. The first-order valence-corrected chi connectivity index (χ1v) is 9.28. The van der Waals surface area contributed by atoms with Crippen molar-refractivity contribution in [2.24, 2.45) is 0 Å². The molecule has 0 aliphatic heterocycles. The van der Waals surface area contributed by atoms with Gasteiger partial charge in [-0.05, 0) is 48.5 Å². The number of rotatable bonds is 8. The Morgan fingerprint density at radius 3 is 2.45 bits per heavy atom. The van der Waals surface area contributed by atoms with E-state index in [1.165, 1.54) is 12.3 Å². The fourth-order valence-corrected chi connectivity index (χ4v) is 2.54. The van der Waals surface area contributed by atoms with E-state index < -0.39 is 11.8 Å². The second-order valence-corrected chi connectivity index (χ2v) is 6.39. The number of halogens is 1. The number of carbonyl (C=O) groups is 2. The van der Waals surface area contributed by atoms with Crippen LogP contribution in [0.5, 0.6) is 5.75 Å². The summed E-state index contributed by atoms with van der Waals surface area (Å²) in [6, 6.07) is 18.9. The standard InChI is InChI=1S/C22H19ClN2O4/c23-17-8-10-18(11-9-17)29-14-12-24-22(27)20(15-19-7-4-13-28-19)25-21(26)16-5-2-1-3-6-16/h1-11,13,15H,12,14H2,(H,24,27)(H,25,26)/b20-15-. The molecule has 1 heterocycles. The highest BCUT2D eigenvalue weighted by molar-refractivity contribution is 6.30. The molecule has 0 fully saturated rings. The number of nitrogens with one attached hydrogen (secondary N) is 2. The summed E-state index contributed by atoms with van der Waals surface area (Å²) in [5.74, 6) is 0.245. The minimum Gasteiger partial charge on any atom is -0.492 e. The van der Waals surface area contributed by atoms with E-state index in [0.717, 1.165) is 0 Å². The molecule has 0 saturated carbocycles. The quantitative estimate of drug-likeness (QED) is 0.436. The van der Waals surface area contributed by atoms with Gasteiger partial charge in [-0.1, -0.05) is 29.8 Å². The Morgan fingerprint density at radius 1 is 1.00 bits per heavy atom. The normalized spacial score (nSPS) is 11.0. The van der Waals surface area contributed by atoms with Crippen LogP contribution in [0.3, 0.4) is 0 Å². The van der Waals surface area contributed by atoms with Gasteiger partial charge in [0.15, 0.2) is 0 Å². The number of hydrogen-bond donors (Lipinski definition) is 2. The molecule has 0 unspecified atom stereocenters. The highest BCUT2D eigenvalue weighted by Gasteiger charge is 2.15. The minimum atomic E-state index is -0.453. The van der Waals surface area contributed by atoms with Crippen LogP contribution in [-0.4, -0.2) is 25.0 Å². The maximum atomic E-state index is 12.6. The Bertz CT molecular complexity index is 968. The average Bonchev–Trinajstić information content (AvgIpc) is 3.25. The summed E-state index contributed by atoms with van der Waals surface area (Å²) in [6.45, 7) is 0.506. The summed E-state index contributed by atoms with van der Waals surface area (Å²) in [5, 5.41) is 5.97. The Kier molecular flexibility index (Phi) is 7.08. The molecule has 3 aromatic rings. The van der Waals surface area contributed by atoms with Gasteiger partial charge in [0.25, 0.3) is 11.8 Å². The highest BCUT2D eigenvalue weighted by atomic mass is 35.5. The van der Waals surface area contributed by atoms with E-state index in [-0.39, 0.29) is 18.8 Å². The Hall–Kier alpha value is -3.51. The summed E-state index contributed by atoms with van der Waals surface area (Å²) < 4.78 is 10.8. The molecule has 0 spiro atoms. The molecule has 148 valence electrons. The van der Waals surface area contributed by atoms with Gasteiger partial charge in [0, 0.05) is 16.7 Å². The van der Waals surface area contributed by atoms with Gasteiger partial charge in [-0.3, -0.25) is 9.59 Å². The summed E-state index contributed by atoms with van der Waals surface area (Å²) in [5.41, 5.74) is 0.511. The third-order valence-corrected chi connectivity index (χ3v) is 4.08. The Balaban J connectivity index is 1.60. The molecule has 2 amide bonds. The lowest BCUT2D eigenvalue weighted by Gasteiger charge is -2.11. The lowest BCUT2D eigenvalue weighted by Crippen LogP contribution is -2.36. The number of amides is 2. The van der Waals surface area contributed by atoms with Crippen molar-refractivity contribution in [2.75, 3.05) is 13.2 Å². The molecule has 3 rings (SSSR count). The fraction of sp³-hybridized carbons (Fsp3) is 0.0909. The fourth-order valence-electron chi connectivity index (χ4n) is 2.42. The van der Waals surface area contributed by atoms with Crippen LogP contribution in [0, 0.1) is 0 Å². The van der Waals surface area contributed by atoms with Gasteiger partial charge >= 0.3 is 0 Å². The number of ether oxygens (including phenoxy) is 1. The first-order valence-electron chi connectivity index (χ1n) is 8.90. The molecule has 2 N–H and O–H groups in total. The number of benzene rings is 2. The maximum Gasteiger partial charge on any atom is 0.268 e. The van der Waals surface area contributed by atoms with Gasteiger partial charge in [0.1, 0.15) is 23.8 Å². The summed E-state index contributed by atoms with van der Waals surface area (Å²) >= 11 is 5.83. The van der Waals surface area contributed by atoms with Crippen molar-refractivity contribution in [3.05, 3.63) is 95.0 Å². The summed E-state index contributed by atoms with van der Waals surface area (Å²) in [4.78, 5) is 25.0. The molecular formula is C22H19ClN2O4. The number of furan rings is 1. The zero-order chi connectivity index (χ0) is 20.5.